The van der Waals surface area contributed by atoms with E-state index in [4.69, 9.17) is 20.1 Å². The maximum atomic E-state index is 9.10. The lowest BCUT2D eigenvalue weighted by molar-refractivity contribution is 0.288. The average Bonchev–Trinajstić information content (AvgIpc) is 2.99. The van der Waals surface area contributed by atoms with Crippen molar-refractivity contribution in [3.63, 3.8) is 0 Å². The van der Waals surface area contributed by atoms with Gasteiger partial charge in [0.05, 0.1) is 34.2 Å². The molecule has 0 radical (unpaired) electrons. The molecule has 4 heterocycles. The van der Waals surface area contributed by atoms with E-state index in [0.717, 1.165) is 63.1 Å². The minimum atomic E-state index is 0.164. The Balaban J connectivity index is 1.30. The van der Waals surface area contributed by atoms with Gasteiger partial charge >= 0.3 is 0 Å². The van der Waals surface area contributed by atoms with Crippen molar-refractivity contribution in [1.29, 1.82) is 0 Å². The Morgan fingerprint density at radius 1 is 0.564 bits per heavy atom. The number of aliphatic hydroxyl groups excluding tert-OH is 1. The molecule has 0 bridgehead atoms. The summed E-state index contributed by atoms with van der Waals surface area (Å²) >= 11 is 0. The van der Waals surface area contributed by atoms with Crippen molar-refractivity contribution in [2.24, 2.45) is 0 Å². The molecule has 1 N–H and O–H groups in total. The van der Waals surface area contributed by atoms with Gasteiger partial charge in [-0.3, -0.25) is 9.97 Å². The molecule has 0 saturated carbocycles. The van der Waals surface area contributed by atoms with Crippen LogP contribution in [0.1, 0.15) is 40.3 Å². The number of pyridine rings is 4. The first kappa shape index (κ1) is 25.9. The monoisotopic (exact) mass is 510 g/mol. The number of aromatic nitrogens is 4. The van der Waals surface area contributed by atoms with E-state index in [9.17, 15) is 0 Å². The van der Waals surface area contributed by atoms with Crippen LogP contribution < -0.4 is 0 Å². The summed E-state index contributed by atoms with van der Waals surface area (Å²) in [4.78, 5) is 18.8. The first-order valence-electron chi connectivity index (χ1n) is 13.1. The van der Waals surface area contributed by atoms with E-state index < -0.39 is 0 Å². The van der Waals surface area contributed by atoms with E-state index in [0.29, 0.717) is 6.42 Å². The third-order valence-corrected chi connectivity index (χ3v) is 6.16. The molecule has 0 spiro atoms. The van der Waals surface area contributed by atoms with Crippen LogP contribution in [-0.4, -0.2) is 31.6 Å². The summed E-state index contributed by atoms with van der Waals surface area (Å²) in [6, 6.07) is 32.2. The Labute approximate surface area is 229 Å². The van der Waals surface area contributed by atoms with Crippen LogP contribution in [0.2, 0.25) is 0 Å². The van der Waals surface area contributed by atoms with E-state index in [1.807, 2.05) is 97.9 Å². The molecule has 192 valence electrons. The molecule has 0 unspecified atom stereocenters. The minimum absolute atomic E-state index is 0.164. The van der Waals surface area contributed by atoms with Crippen molar-refractivity contribution in [3.05, 3.63) is 131 Å². The van der Waals surface area contributed by atoms with E-state index >= 15 is 0 Å². The van der Waals surface area contributed by atoms with E-state index in [1.54, 1.807) is 0 Å². The highest BCUT2D eigenvalue weighted by Gasteiger charge is 2.04. The summed E-state index contributed by atoms with van der Waals surface area (Å²) in [5.41, 5.74) is 9.25. The van der Waals surface area contributed by atoms with Gasteiger partial charge in [0, 0.05) is 18.0 Å². The molecule has 5 rings (SSSR count). The fourth-order valence-corrected chi connectivity index (χ4v) is 4.21. The van der Waals surface area contributed by atoms with Gasteiger partial charge < -0.3 is 5.11 Å². The zero-order valence-corrected chi connectivity index (χ0v) is 21.9. The van der Waals surface area contributed by atoms with Gasteiger partial charge in [-0.15, -0.1) is 0 Å². The Kier molecular flexibility index (Phi) is 8.41. The van der Waals surface area contributed by atoms with Crippen molar-refractivity contribution in [2.75, 3.05) is 6.61 Å². The molecule has 0 aliphatic heterocycles. The van der Waals surface area contributed by atoms with Crippen LogP contribution in [0.3, 0.4) is 0 Å². The third-order valence-electron chi connectivity index (χ3n) is 6.16. The number of hydrogen-bond acceptors (Lipinski definition) is 5. The highest BCUT2D eigenvalue weighted by atomic mass is 16.2. The molecule has 0 amide bonds. The van der Waals surface area contributed by atoms with Crippen molar-refractivity contribution in [2.45, 2.75) is 19.8 Å². The number of aryl methyl sites for hydroxylation is 2. The van der Waals surface area contributed by atoms with Gasteiger partial charge in [-0.2, -0.15) is 0 Å². The lowest BCUT2D eigenvalue weighted by Crippen LogP contribution is -1.96. The second-order valence-electron chi connectivity index (χ2n) is 9.24. The molecule has 5 aromatic rings. The highest BCUT2D eigenvalue weighted by molar-refractivity contribution is 5.74. The summed E-state index contributed by atoms with van der Waals surface area (Å²) in [6.07, 6.45) is 9.63. The number of nitrogens with zero attached hydrogens (tertiary/aromatic N) is 4. The second kappa shape index (κ2) is 12.7. The van der Waals surface area contributed by atoms with Gasteiger partial charge in [0.2, 0.25) is 0 Å². The second-order valence-corrected chi connectivity index (χ2v) is 9.24. The fraction of sp³-hybridized carbons (Fsp3) is 0.118. The van der Waals surface area contributed by atoms with Gasteiger partial charge in [0.25, 0.3) is 0 Å². The Morgan fingerprint density at radius 2 is 1.08 bits per heavy atom. The van der Waals surface area contributed by atoms with Gasteiger partial charge in [0.15, 0.2) is 0 Å². The standard InChI is InChI=1S/C34H30N4O/c1-25-8-2-15-31(35-25)32-16-5-12-29(37-32)21-19-26-9-3-10-27(24-26)20-22-30-13-6-18-34(38-30)33-17-4-11-28(36-33)14-7-23-39/h2-6,8-13,15-22,24,39H,7,14,23H2,1H3/b21-19+,22-20+. The molecule has 5 heteroatoms. The van der Waals surface area contributed by atoms with Gasteiger partial charge in [0.1, 0.15) is 0 Å². The largest absolute Gasteiger partial charge is 0.396 e. The van der Waals surface area contributed by atoms with Gasteiger partial charge in [-0.25, -0.2) is 9.97 Å². The molecule has 4 aromatic heterocycles. The first-order valence-corrected chi connectivity index (χ1v) is 13.1. The van der Waals surface area contributed by atoms with Crippen LogP contribution >= 0.6 is 0 Å². The Bertz CT molecular complexity index is 1620. The summed E-state index contributed by atoms with van der Waals surface area (Å²) in [5, 5.41) is 9.10. The molecular weight excluding hydrogens is 480 g/mol. The topological polar surface area (TPSA) is 71.8 Å². The summed E-state index contributed by atoms with van der Waals surface area (Å²) in [5.74, 6) is 0. The first-order chi connectivity index (χ1) is 19.2. The zero-order valence-electron chi connectivity index (χ0n) is 21.9. The van der Waals surface area contributed by atoms with E-state index in [2.05, 4.69) is 35.3 Å². The Hall–Kier alpha value is -4.74. The lowest BCUT2D eigenvalue weighted by atomic mass is 10.1. The summed E-state index contributed by atoms with van der Waals surface area (Å²) < 4.78 is 0. The molecule has 0 saturated heterocycles. The van der Waals surface area contributed by atoms with Gasteiger partial charge in [-0.1, -0.05) is 54.6 Å². The molecule has 0 atom stereocenters. The van der Waals surface area contributed by atoms with Crippen molar-refractivity contribution in [3.8, 4) is 22.8 Å². The number of aliphatic hydroxyl groups is 1. The smallest absolute Gasteiger partial charge is 0.0893 e. The average molecular weight is 511 g/mol. The summed E-state index contributed by atoms with van der Waals surface area (Å²) in [6.45, 7) is 2.15. The zero-order chi connectivity index (χ0) is 26.9. The minimum Gasteiger partial charge on any atom is -0.396 e. The van der Waals surface area contributed by atoms with Crippen molar-refractivity contribution in [1.82, 2.24) is 19.9 Å². The third kappa shape index (κ3) is 7.18. The van der Waals surface area contributed by atoms with E-state index in [1.165, 1.54) is 0 Å². The number of benzene rings is 1. The maximum Gasteiger partial charge on any atom is 0.0893 e. The van der Waals surface area contributed by atoms with E-state index in [-0.39, 0.29) is 6.61 Å². The van der Waals surface area contributed by atoms with Crippen LogP contribution in [0.25, 0.3) is 47.1 Å². The molecule has 0 aliphatic rings. The quantitative estimate of drug-likeness (QED) is 0.227. The molecule has 5 nitrogen and oxygen atoms in total. The maximum absolute atomic E-state index is 9.10. The van der Waals surface area contributed by atoms with Crippen LogP contribution in [0, 0.1) is 6.92 Å². The van der Waals surface area contributed by atoms with Crippen LogP contribution in [-0.2, 0) is 6.42 Å². The number of rotatable bonds is 9. The summed E-state index contributed by atoms with van der Waals surface area (Å²) in [7, 11) is 0. The predicted molar refractivity (Wildman–Crippen MR) is 159 cm³/mol. The normalized spacial score (nSPS) is 11.4. The highest BCUT2D eigenvalue weighted by Crippen LogP contribution is 2.19. The molecule has 0 fully saturated rings. The molecule has 0 aliphatic carbocycles. The van der Waals surface area contributed by atoms with Crippen molar-refractivity contribution < 1.29 is 5.11 Å². The lowest BCUT2D eigenvalue weighted by Gasteiger charge is -2.05. The van der Waals surface area contributed by atoms with Crippen LogP contribution in [0.5, 0.6) is 0 Å². The molecular formula is C34H30N4O. The molecule has 1 aromatic carbocycles. The fourth-order valence-electron chi connectivity index (χ4n) is 4.21. The SMILES string of the molecule is Cc1cccc(-c2cccc(/C=C/c3cccc(/C=C/c4cccc(-c5cccc(CCCO)n5)n4)c3)n2)n1. The van der Waals surface area contributed by atoms with Crippen molar-refractivity contribution >= 4 is 24.3 Å². The van der Waals surface area contributed by atoms with Crippen LogP contribution in [0.15, 0.2) is 97.1 Å². The Morgan fingerprint density at radius 3 is 1.67 bits per heavy atom. The predicted octanol–water partition coefficient (Wildman–Crippen LogP) is 7.17. The van der Waals surface area contributed by atoms with Gasteiger partial charge in [-0.05, 0) is 97.6 Å². The molecule has 39 heavy (non-hydrogen) atoms. The van der Waals surface area contributed by atoms with Crippen LogP contribution in [0.4, 0.5) is 0 Å². The number of hydrogen-bond donors (Lipinski definition) is 1.